The van der Waals surface area contributed by atoms with Crippen LogP contribution in [0.4, 0.5) is 0 Å². The lowest BCUT2D eigenvalue weighted by molar-refractivity contribution is -0.151. The summed E-state index contributed by atoms with van der Waals surface area (Å²) in [5.74, 6) is -1.61. The van der Waals surface area contributed by atoms with E-state index in [-0.39, 0.29) is 18.6 Å². The highest BCUT2D eigenvalue weighted by atomic mass is 16.5. The number of hydrogen-bond acceptors (Lipinski definition) is 6. The van der Waals surface area contributed by atoms with E-state index in [1.165, 1.54) is 13.8 Å². The van der Waals surface area contributed by atoms with Gasteiger partial charge in [-0.15, -0.1) is 0 Å². The number of ether oxygens (including phenoxy) is 1. The van der Waals surface area contributed by atoms with E-state index in [9.17, 15) is 24.9 Å². The number of aliphatic hydroxyl groups is 3. The summed E-state index contributed by atoms with van der Waals surface area (Å²) in [4.78, 5) is 22.3. The Morgan fingerprint density at radius 1 is 1.25 bits per heavy atom. The summed E-state index contributed by atoms with van der Waals surface area (Å²) in [6.45, 7) is 6.05. The monoisotopic (exact) mass is 287 g/mol. The predicted molar refractivity (Wildman–Crippen MR) is 69.5 cm³/mol. The van der Waals surface area contributed by atoms with Crippen LogP contribution in [0.1, 0.15) is 20.3 Å². The number of nitrogens with one attached hydrogen (secondary N) is 1. The van der Waals surface area contributed by atoms with Crippen molar-refractivity contribution in [2.24, 2.45) is 5.92 Å². The summed E-state index contributed by atoms with van der Waals surface area (Å²) in [7, 11) is 0. The predicted octanol–water partition coefficient (Wildman–Crippen LogP) is -1.29. The van der Waals surface area contributed by atoms with Gasteiger partial charge in [0.15, 0.2) is 0 Å². The van der Waals surface area contributed by atoms with Crippen LogP contribution in [0.2, 0.25) is 0 Å². The van der Waals surface area contributed by atoms with Crippen molar-refractivity contribution in [1.29, 1.82) is 0 Å². The molecule has 0 heterocycles. The van der Waals surface area contributed by atoms with E-state index in [4.69, 9.17) is 4.74 Å². The molecule has 5 unspecified atom stereocenters. The summed E-state index contributed by atoms with van der Waals surface area (Å²) >= 11 is 0. The van der Waals surface area contributed by atoms with Gasteiger partial charge >= 0.3 is 5.97 Å². The summed E-state index contributed by atoms with van der Waals surface area (Å²) < 4.78 is 4.92. The summed E-state index contributed by atoms with van der Waals surface area (Å²) in [5, 5.41) is 32.2. The van der Waals surface area contributed by atoms with Crippen molar-refractivity contribution in [2.45, 2.75) is 44.6 Å². The molecule has 7 heteroatoms. The van der Waals surface area contributed by atoms with Crippen LogP contribution in [0.5, 0.6) is 0 Å². The molecular weight excluding hydrogens is 266 g/mol. The van der Waals surface area contributed by atoms with Crippen molar-refractivity contribution in [3.8, 4) is 0 Å². The van der Waals surface area contributed by atoms with E-state index in [1.54, 1.807) is 0 Å². The lowest BCUT2D eigenvalue weighted by Gasteiger charge is -2.40. The van der Waals surface area contributed by atoms with Gasteiger partial charge in [0, 0.05) is 18.4 Å². The van der Waals surface area contributed by atoms with Crippen LogP contribution < -0.4 is 5.32 Å². The molecule has 1 aliphatic rings. The molecule has 0 saturated heterocycles. The third-order valence-corrected chi connectivity index (χ3v) is 3.31. The zero-order chi connectivity index (χ0) is 15.4. The van der Waals surface area contributed by atoms with Crippen molar-refractivity contribution in [2.75, 3.05) is 6.61 Å². The van der Waals surface area contributed by atoms with Gasteiger partial charge in [-0.2, -0.15) is 0 Å². The Kier molecular flexibility index (Phi) is 5.67. The van der Waals surface area contributed by atoms with Gasteiger partial charge < -0.3 is 25.4 Å². The van der Waals surface area contributed by atoms with Gasteiger partial charge in [-0.05, 0) is 13.3 Å². The van der Waals surface area contributed by atoms with Crippen molar-refractivity contribution in [1.82, 2.24) is 5.32 Å². The zero-order valence-corrected chi connectivity index (χ0v) is 11.6. The largest absolute Gasteiger partial charge is 0.462 e. The quantitative estimate of drug-likeness (QED) is 0.378. The highest BCUT2D eigenvalue weighted by Crippen LogP contribution is 2.26. The average Bonchev–Trinajstić information content (AvgIpc) is 2.36. The first kappa shape index (κ1) is 16.6. The topological polar surface area (TPSA) is 116 Å². The highest BCUT2D eigenvalue weighted by Gasteiger charge is 2.43. The van der Waals surface area contributed by atoms with E-state index in [1.807, 2.05) is 0 Å². The number of hydrogen-bond donors (Lipinski definition) is 4. The van der Waals surface area contributed by atoms with Crippen LogP contribution in [-0.4, -0.2) is 58.2 Å². The van der Waals surface area contributed by atoms with Crippen LogP contribution in [-0.2, 0) is 14.3 Å². The average molecular weight is 287 g/mol. The molecule has 1 aliphatic carbocycles. The Balaban J connectivity index is 2.63. The van der Waals surface area contributed by atoms with Gasteiger partial charge in [0.1, 0.15) is 6.10 Å². The first-order valence-corrected chi connectivity index (χ1v) is 6.38. The normalized spacial score (nSPS) is 33.4. The lowest BCUT2D eigenvalue weighted by Crippen LogP contribution is -2.61. The molecule has 0 bridgehead atoms. The molecule has 0 aromatic rings. The Labute approximate surface area is 117 Å². The molecule has 0 aromatic carbocycles. The molecule has 1 rings (SSSR count). The molecule has 20 heavy (non-hydrogen) atoms. The molecule has 5 atom stereocenters. The maximum absolute atomic E-state index is 11.3. The third-order valence-electron chi connectivity index (χ3n) is 3.31. The molecule has 4 N–H and O–H groups in total. The SMILES string of the molecule is C=C(C)C(=O)OCC1CC(O)C(NC(C)=O)C(O)C1O. The molecule has 0 radical (unpaired) electrons. The summed E-state index contributed by atoms with van der Waals surface area (Å²) in [5.41, 5.74) is 0.229. The Morgan fingerprint density at radius 2 is 1.85 bits per heavy atom. The second-order valence-corrected chi connectivity index (χ2v) is 5.15. The molecule has 114 valence electrons. The first-order valence-electron chi connectivity index (χ1n) is 6.38. The van der Waals surface area contributed by atoms with Crippen molar-refractivity contribution in [3.05, 3.63) is 12.2 Å². The number of carbonyl (C=O) groups is 2. The van der Waals surface area contributed by atoms with Gasteiger partial charge in [0.2, 0.25) is 5.91 Å². The van der Waals surface area contributed by atoms with Crippen molar-refractivity contribution < 1.29 is 29.6 Å². The van der Waals surface area contributed by atoms with Crippen LogP contribution in [0, 0.1) is 5.92 Å². The highest BCUT2D eigenvalue weighted by molar-refractivity contribution is 5.86. The number of esters is 1. The minimum atomic E-state index is -1.32. The molecule has 0 aromatic heterocycles. The Morgan fingerprint density at radius 3 is 2.35 bits per heavy atom. The van der Waals surface area contributed by atoms with Crippen LogP contribution >= 0.6 is 0 Å². The van der Waals surface area contributed by atoms with Gasteiger partial charge in [-0.25, -0.2) is 4.79 Å². The smallest absolute Gasteiger partial charge is 0.333 e. The van der Waals surface area contributed by atoms with E-state index >= 15 is 0 Å². The fraction of sp³-hybridized carbons (Fsp3) is 0.692. The Bertz CT molecular complexity index is 396. The maximum atomic E-state index is 11.3. The first-order chi connectivity index (χ1) is 9.23. The summed E-state index contributed by atoms with van der Waals surface area (Å²) in [6.07, 6.45) is -3.44. The Hall–Kier alpha value is -1.44. The fourth-order valence-corrected chi connectivity index (χ4v) is 2.20. The molecule has 1 amide bonds. The van der Waals surface area contributed by atoms with E-state index in [0.29, 0.717) is 0 Å². The van der Waals surface area contributed by atoms with Gasteiger partial charge in [0.05, 0.1) is 24.9 Å². The van der Waals surface area contributed by atoms with Gasteiger partial charge in [-0.3, -0.25) is 4.79 Å². The molecule has 1 saturated carbocycles. The van der Waals surface area contributed by atoms with Gasteiger partial charge in [-0.1, -0.05) is 6.58 Å². The minimum absolute atomic E-state index is 0.104. The number of aliphatic hydroxyl groups excluding tert-OH is 3. The van der Waals surface area contributed by atoms with E-state index < -0.39 is 42.1 Å². The number of amides is 1. The molecule has 0 spiro atoms. The van der Waals surface area contributed by atoms with E-state index in [2.05, 4.69) is 11.9 Å². The van der Waals surface area contributed by atoms with Crippen molar-refractivity contribution in [3.63, 3.8) is 0 Å². The zero-order valence-electron chi connectivity index (χ0n) is 11.6. The second-order valence-electron chi connectivity index (χ2n) is 5.15. The molecule has 1 fully saturated rings. The molecular formula is C13H21NO6. The van der Waals surface area contributed by atoms with Crippen LogP contribution in [0.15, 0.2) is 12.2 Å². The van der Waals surface area contributed by atoms with E-state index in [0.717, 1.165) is 0 Å². The van der Waals surface area contributed by atoms with Crippen LogP contribution in [0.25, 0.3) is 0 Å². The van der Waals surface area contributed by atoms with Gasteiger partial charge in [0.25, 0.3) is 0 Å². The van der Waals surface area contributed by atoms with Crippen molar-refractivity contribution >= 4 is 11.9 Å². The maximum Gasteiger partial charge on any atom is 0.333 e. The molecule has 7 nitrogen and oxygen atoms in total. The van der Waals surface area contributed by atoms with Crippen LogP contribution in [0.3, 0.4) is 0 Å². The second kappa shape index (κ2) is 6.83. The third kappa shape index (κ3) is 4.03. The number of carbonyl (C=O) groups excluding carboxylic acids is 2. The lowest BCUT2D eigenvalue weighted by atomic mass is 9.79. The fourth-order valence-electron chi connectivity index (χ4n) is 2.20. The molecule has 0 aliphatic heterocycles. The summed E-state index contributed by atoms with van der Waals surface area (Å²) in [6, 6.07) is -0.935. The minimum Gasteiger partial charge on any atom is -0.462 e. The number of rotatable bonds is 4. The standard InChI is InChI=1S/C13H21NO6/c1-6(2)13(19)20-5-8-4-9(16)10(14-7(3)15)12(18)11(8)17/h8-12,16-18H,1,4-5H2,2-3H3,(H,14,15).